The van der Waals surface area contributed by atoms with Crippen LogP contribution in [0.1, 0.15) is 51.6 Å². The maximum Gasteiger partial charge on any atom is 0.198 e. The molecule has 0 atom stereocenters. The molecule has 5 nitrogen and oxygen atoms in total. The molecule has 0 unspecified atom stereocenters. The van der Waals surface area contributed by atoms with Crippen molar-refractivity contribution in [3.8, 4) is 0 Å². The van der Waals surface area contributed by atoms with Crippen molar-refractivity contribution in [3.05, 3.63) is 80.7 Å². The van der Waals surface area contributed by atoms with Gasteiger partial charge in [0.2, 0.25) is 0 Å². The predicted octanol–water partition coefficient (Wildman–Crippen LogP) is 5.08. The first-order valence-corrected chi connectivity index (χ1v) is 11.7. The van der Waals surface area contributed by atoms with E-state index in [9.17, 15) is 13.2 Å². The second-order valence-corrected chi connectivity index (χ2v) is 9.99. The van der Waals surface area contributed by atoms with Crippen LogP contribution >= 0.6 is 23.2 Å². The highest BCUT2D eigenvalue weighted by Crippen LogP contribution is 2.42. The van der Waals surface area contributed by atoms with Crippen LogP contribution in [-0.4, -0.2) is 25.6 Å². The van der Waals surface area contributed by atoms with Gasteiger partial charge >= 0.3 is 0 Å². The molecule has 1 heterocycles. The maximum atomic E-state index is 13.2. The summed E-state index contributed by atoms with van der Waals surface area (Å²) >= 11 is 12.3. The molecule has 1 aliphatic rings. The summed E-state index contributed by atoms with van der Waals surface area (Å²) in [5.41, 5.74) is 2.03. The summed E-state index contributed by atoms with van der Waals surface area (Å²) in [5, 5.41) is 4.20. The lowest BCUT2D eigenvalue weighted by molar-refractivity contribution is 0.103. The lowest BCUT2D eigenvalue weighted by Gasteiger charge is -2.13. The van der Waals surface area contributed by atoms with Gasteiger partial charge in [0.1, 0.15) is 0 Å². The predicted molar refractivity (Wildman–Crippen MR) is 111 cm³/mol. The molecular formula is C21H17Cl2NO4S. The topological polar surface area (TPSA) is 77.2 Å². The number of carbonyl (C=O) groups excluding carboxylic acids is 1. The average molecular weight is 450 g/mol. The van der Waals surface area contributed by atoms with Gasteiger partial charge in [-0.15, -0.1) is 0 Å². The van der Waals surface area contributed by atoms with Crippen LogP contribution in [0.15, 0.2) is 52.0 Å². The number of rotatable bonds is 6. The average Bonchev–Trinajstić information content (AvgIpc) is 3.36. The minimum atomic E-state index is -3.59. The first-order chi connectivity index (χ1) is 13.8. The number of aromatic nitrogens is 1. The van der Waals surface area contributed by atoms with Crippen LogP contribution in [0.4, 0.5) is 0 Å². The van der Waals surface area contributed by atoms with Crippen molar-refractivity contribution >= 4 is 38.8 Å². The molecule has 0 N–H and O–H groups in total. The summed E-state index contributed by atoms with van der Waals surface area (Å²) in [7, 11) is -3.59. The molecule has 29 heavy (non-hydrogen) atoms. The molecule has 0 saturated heterocycles. The van der Waals surface area contributed by atoms with Gasteiger partial charge in [0, 0.05) is 22.8 Å². The molecule has 0 aliphatic heterocycles. The summed E-state index contributed by atoms with van der Waals surface area (Å²) in [5.74, 6) is 0.664. The number of benzene rings is 2. The third kappa shape index (κ3) is 4.10. The highest BCUT2D eigenvalue weighted by atomic mass is 35.5. The van der Waals surface area contributed by atoms with E-state index in [-0.39, 0.29) is 28.0 Å². The minimum absolute atomic E-state index is 0.0227. The van der Waals surface area contributed by atoms with Crippen LogP contribution in [0.2, 0.25) is 10.0 Å². The molecule has 1 saturated carbocycles. The number of ketones is 1. The fraction of sp³-hybridized carbons (Fsp3) is 0.238. The van der Waals surface area contributed by atoms with Crippen LogP contribution in [-0.2, 0) is 16.3 Å². The van der Waals surface area contributed by atoms with Crippen molar-refractivity contribution in [2.75, 3.05) is 6.26 Å². The number of hydrogen-bond donors (Lipinski definition) is 0. The normalized spacial score (nSPS) is 14.2. The molecule has 1 aromatic heterocycles. The van der Waals surface area contributed by atoms with E-state index in [1.54, 1.807) is 30.3 Å². The lowest BCUT2D eigenvalue weighted by Crippen LogP contribution is -2.09. The van der Waals surface area contributed by atoms with Gasteiger partial charge in [-0.05, 0) is 42.5 Å². The number of nitrogens with zero attached hydrogens (tertiary/aromatic N) is 1. The molecule has 4 rings (SSSR count). The Hall–Kier alpha value is -2.15. The van der Waals surface area contributed by atoms with Crippen molar-refractivity contribution in [3.63, 3.8) is 0 Å². The summed E-state index contributed by atoms with van der Waals surface area (Å²) in [4.78, 5) is 13.2. The van der Waals surface area contributed by atoms with E-state index in [0.717, 1.165) is 19.1 Å². The summed E-state index contributed by atoms with van der Waals surface area (Å²) < 4.78 is 29.9. The Bertz CT molecular complexity index is 1210. The highest BCUT2D eigenvalue weighted by Gasteiger charge is 2.33. The van der Waals surface area contributed by atoms with Gasteiger partial charge in [-0.2, -0.15) is 0 Å². The fourth-order valence-corrected chi connectivity index (χ4v) is 5.44. The Morgan fingerprint density at radius 3 is 2.55 bits per heavy atom. The number of sulfone groups is 1. The third-order valence-electron chi connectivity index (χ3n) is 4.89. The molecule has 0 spiro atoms. The van der Waals surface area contributed by atoms with E-state index in [1.807, 2.05) is 0 Å². The van der Waals surface area contributed by atoms with Gasteiger partial charge in [0.15, 0.2) is 21.4 Å². The van der Waals surface area contributed by atoms with Gasteiger partial charge in [0.25, 0.3) is 0 Å². The summed E-state index contributed by atoms with van der Waals surface area (Å²) in [6.45, 7) is 0. The zero-order valence-corrected chi connectivity index (χ0v) is 17.8. The van der Waals surface area contributed by atoms with E-state index in [4.69, 9.17) is 27.7 Å². The van der Waals surface area contributed by atoms with Crippen molar-refractivity contribution in [2.45, 2.75) is 30.1 Å². The molecular weight excluding hydrogens is 433 g/mol. The Morgan fingerprint density at radius 2 is 1.86 bits per heavy atom. The van der Waals surface area contributed by atoms with Crippen molar-refractivity contribution in [1.82, 2.24) is 5.16 Å². The summed E-state index contributed by atoms with van der Waals surface area (Å²) in [6, 6.07) is 10.0. The number of carbonyl (C=O) groups is 1. The van der Waals surface area contributed by atoms with Crippen LogP contribution in [0.5, 0.6) is 0 Å². The molecule has 2 aromatic carbocycles. The summed E-state index contributed by atoms with van der Waals surface area (Å²) in [6.07, 6.45) is 4.70. The van der Waals surface area contributed by atoms with Crippen molar-refractivity contribution in [1.29, 1.82) is 0 Å². The van der Waals surface area contributed by atoms with Gasteiger partial charge in [-0.1, -0.05) is 52.6 Å². The van der Waals surface area contributed by atoms with Crippen LogP contribution in [0.25, 0.3) is 0 Å². The number of hydrogen-bond acceptors (Lipinski definition) is 5. The molecule has 0 bridgehead atoms. The molecule has 0 radical (unpaired) electrons. The SMILES string of the molecule is CS(=O)(=O)c1c(Cl)cc(Cl)cc1Cc1ccccc1C(=O)c1cnoc1C1CC1. The van der Waals surface area contributed by atoms with Gasteiger partial charge in [0.05, 0.1) is 21.7 Å². The smallest absolute Gasteiger partial charge is 0.198 e. The van der Waals surface area contributed by atoms with Crippen LogP contribution in [0, 0.1) is 0 Å². The molecule has 150 valence electrons. The Morgan fingerprint density at radius 1 is 1.14 bits per heavy atom. The molecule has 3 aromatic rings. The van der Waals surface area contributed by atoms with Gasteiger partial charge < -0.3 is 4.52 Å². The molecule has 1 fully saturated rings. The second-order valence-electron chi connectivity index (χ2n) is 7.19. The molecule has 0 amide bonds. The monoisotopic (exact) mass is 449 g/mol. The Kier molecular flexibility index (Phi) is 5.27. The Balaban J connectivity index is 1.78. The van der Waals surface area contributed by atoms with Crippen LogP contribution in [0.3, 0.4) is 0 Å². The first kappa shape index (κ1) is 20.1. The van der Waals surface area contributed by atoms with Crippen LogP contribution < -0.4 is 0 Å². The van der Waals surface area contributed by atoms with E-state index in [1.165, 1.54) is 12.3 Å². The molecule has 8 heteroatoms. The van der Waals surface area contributed by atoms with Gasteiger partial charge in [-0.3, -0.25) is 4.79 Å². The largest absolute Gasteiger partial charge is 0.360 e. The highest BCUT2D eigenvalue weighted by molar-refractivity contribution is 7.90. The van der Waals surface area contributed by atoms with Gasteiger partial charge in [-0.25, -0.2) is 8.42 Å². The first-order valence-electron chi connectivity index (χ1n) is 9.01. The number of halogens is 2. The van der Waals surface area contributed by atoms with E-state index in [2.05, 4.69) is 5.16 Å². The minimum Gasteiger partial charge on any atom is -0.360 e. The van der Waals surface area contributed by atoms with E-state index < -0.39 is 9.84 Å². The quantitative estimate of drug-likeness (QED) is 0.490. The zero-order chi connectivity index (χ0) is 20.8. The zero-order valence-electron chi connectivity index (χ0n) is 15.5. The standard InChI is InChI=1S/C21H17Cl2NO4S/c1-29(26,27)21-14(9-15(22)10-18(21)23)8-13-4-2-3-5-16(13)19(25)17-11-24-28-20(17)12-6-7-12/h2-5,9-12H,6-8H2,1H3. The Labute approximate surface area is 178 Å². The lowest BCUT2D eigenvalue weighted by atomic mass is 9.94. The fourth-order valence-electron chi connectivity index (χ4n) is 3.47. The van der Waals surface area contributed by atoms with E-state index >= 15 is 0 Å². The second kappa shape index (κ2) is 7.59. The van der Waals surface area contributed by atoms with Crippen molar-refractivity contribution in [2.24, 2.45) is 0 Å². The van der Waals surface area contributed by atoms with E-state index in [0.29, 0.717) is 33.0 Å². The molecule has 1 aliphatic carbocycles. The van der Waals surface area contributed by atoms with Crippen molar-refractivity contribution < 1.29 is 17.7 Å². The third-order valence-corrected chi connectivity index (χ3v) is 6.74. The maximum absolute atomic E-state index is 13.2.